The van der Waals surface area contributed by atoms with Gasteiger partial charge in [-0.25, -0.2) is 0 Å². The second-order valence-electron chi connectivity index (χ2n) is 4.43. The van der Waals surface area contributed by atoms with Gasteiger partial charge in [0.05, 0.1) is 0 Å². The van der Waals surface area contributed by atoms with Crippen LogP contribution >= 0.6 is 0 Å². The minimum absolute atomic E-state index is 0.312. The molecule has 15 heavy (non-hydrogen) atoms. The van der Waals surface area contributed by atoms with Gasteiger partial charge >= 0.3 is 0 Å². The predicted octanol–water partition coefficient (Wildman–Crippen LogP) is 2.59. The largest absolute Gasteiger partial charge is 0.396 e. The highest BCUT2D eigenvalue weighted by Crippen LogP contribution is 2.14. The second kappa shape index (κ2) is 10.2. The SMILES string of the molecule is C=CCCCNCC(CC)CC(C)CO. The average Bonchev–Trinajstić information content (AvgIpc) is 2.26. The van der Waals surface area contributed by atoms with E-state index in [0.29, 0.717) is 18.4 Å². The fourth-order valence-electron chi connectivity index (χ4n) is 1.72. The van der Waals surface area contributed by atoms with Crippen LogP contribution < -0.4 is 5.32 Å². The van der Waals surface area contributed by atoms with Gasteiger partial charge in [-0.1, -0.05) is 26.3 Å². The van der Waals surface area contributed by atoms with Crippen LogP contribution in [0.1, 0.15) is 39.5 Å². The maximum Gasteiger partial charge on any atom is 0.0456 e. The fourth-order valence-corrected chi connectivity index (χ4v) is 1.72. The van der Waals surface area contributed by atoms with E-state index in [0.717, 1.165) is 25.9 Å². The molecule has 0 bridgehead atoms. The van der Waals surface area contributed by atoms with Crippen LogP contribution in [-0.4, -0.2) is 24.8 Å². The number of aliphatic hydroxyl groups excluding tert-OH is 1. The summed E-state index contributed by atoms with van der Waals surface area (Å²) in [6.07, 6.45) is 6.55. The molecular weight excluding hydrogens is 186 g/mol. The third-order valence-corrected chi connectivity index (χ3v) is 2.82. The quantitative estimate of drug-likeness (QED) is 0.432. The minimum Gasteiger partial charge on any atom is -0.396 e. The molecule has 2 unspecified atom stereocenters. The standard InChI is InChI=1S/C13H27NO/c1-4-6-7-8-14-10-13(5-2)9-12(3)11-15/h4,12-15H,1,5-11H2,2-3H3. The molecule has 0 aliphatic carbocycles. The lowest BCUT2D eigenvalue weighted by Gasteiger charge is -2.18. The van der Waals surface area contributed by atoms with Crippen molar-refractivity contribution >= 4 is 0 Å². The summed E-state index contributed by atoms with van der Waals surface area (Å²) < 4.78 is 0. The number of rotatable bonds is 10. The zero-order chi connectivity index (χ0) is 11.5. The monoisotopic (exact) mass is 213 g/mol. The van der Waals surface area contributed by atoms with Gasteiger partial charge in [0.1, 0.15) is 0 Å². The maximum atomic E-state index is 8.99. The Kier molecular flexibility index (Phi) is 9.96. The van der Waals surface area contributed by atoms with Crippen LogP contribution in [0.4, 0.5) is 0 Å². The zero-order valence-corrected chi connectivity index (χ0v) is 10.3. The molecule has 2 atom stereocenters. The topological polar surface area (TPSA) is 32.3 Å². The molecule has 90 valence electrons. The summed E-state index contributed by atoms with van der Waals surface area (Å²) in [6, 6.07) is 0. The molecule has 0 aliphatic rings. The van der Waals surface area contributed by atoms with Crippen molar-refractivity contribution in [1.82, 2.24) is 5.32 Å². The molecule has 2 N–H and O–H groups in total. The Bertz CT molecular complexity index is 147. The maximum absolute atomic E-state index is 8.99. The van der Waals surface area contributed by atoms with Crippen molar-refractivity contribution in [2.24, 2.45) is 11.8 Å². The third kappa shape index (κ3) is 8.64. The van der Waals surface area contributed by atoms with Crippen LogP contribution in [0.3, 0.4) is 0 Å². The number of hydrogen-bond donors (Lipinski definition) is 2. The van der Waals surface area contributed by atoms with Gasteiger partial charge in [0.15, 0.2) is 0 Å². The Labute approximate surface area is 94.8 Å². The molecule has 0 aromatic heterocycles. The second-order valence-corrected chi connectivity index (χ2v) is 4.43. The first-order valence-corrected chi connectivity index (χ1v) is 6.17. The number of unbranched alkanes of at least 4 members (excludes halogenated alkanes) is 1. The van der Waals surface area contributed by atoms with E-state index in [1.807, 2.05) is 6.08 Å². The van der Waals surface area contributed by atoms with Crippen molar-refractivity contribution in [3.05, 3.63) is 12.7 Å². The first-order valence-electron chi connectivity index (χ1n) is 6.17. The molecule has 2 nitrogen and oxygen atoms in total. The molecule has 0 aromatic carbocycles. The zero-order valence-electron chi connectivity index (χ0n) is 10.3. The van der Waals surface area contributed by atoms with Crippen LogP contribution in [0.2, 0.25) is 0 Å². The van der Waals surface area contributed by atoms with Gasteiger partial charge in [-0.2, -0.15) is 0 Å². The van der Waals surface area contributed by atoms with E-state index in [4.69, 9.17) is 5.11 Å². The molecule has 0 saturated carbocycles. The molecule has 0 saturated heterocycles. The summed E-state index contributed by atoms with van der Waals surface area (Å²) in [4.78, 5) is 0. The number of nitrogens with one attached hydrogen (secondary N) is 1. The Balaban J connectivity index is 3.47. The van der Waals surface area contributed by atoms with E-state index >= 15 is 0 Å². The van der Waals surface area contributed by atoms with E-state index in [-0.39, 0.29) is 0 Å². The summed E-state index contributed by atoms with van der Waals surface area (Å²) in [6.45, 7) is 10.5. The molecule has 0 rings (SSSR count). The minimum atomic E-state index is 0.312. The van der Waals surface area contributed by atoms with Gasteiger partial charge in [0.2, 0.25) is 0 Å². The van der Waals surface area contributed by atoms with Crippen molar-refractivity contribution < 1.29 is 5.11 Å². The molecule has 0 amide bonds. The van der Waals surface area contributed by atoms with Crippen LogP contribution in [0.25, 0.3) is 0 Å². The summed E-state index contributed by atoms with van der Waals surface area (Å²) >= 11 is 0. The van der Waals surface area contributed by atoms with E-state index < -0.39 is 0 Å². The molecule has 0 aliphatic heterocycles. The molecule has 0 fully saturated rings. The first-order chi connectivity index (χ1) is 7.24. The lowest BCUT2D eigenvalue weighted by atomic mass is 9.94. The van der Waals surface area contributed by atoms with E-state index in [9.17, 15) is 0 Å². The Morgan fingerprint density at radius 2 is 2.20 bits per heavy atom. The average molecular weight is 213 g/mol. The highest BCUT2D eigenvalue weighted by Gasteiger charge is 2.10. The van der Waals surface area contributed by atoms with Crippen molar-refractivity contribution in [3.8, 4) is 0 Å². The number of aliphatic hydroxyl groups is 1. The summed E-state index contributed by atoms with van der Waals surface area (Å²) in [5, 5.41) is 12.5. The Morgan fingerprint density at radius 3 is 2.73 bits per heavy atom. The van der Waals surface area contributed by atoms with Crippen molar-refractivity contribution in [2.75, 3.05) is 19.7 Å². The van der Waals surface area contributed by atoms with Gasteiger partial charge in [-0.15, -0.1) is 6.58 Å². The van der Waals surface area contributed by atoms with Crippen molar-refractivity contribution in [3.63, 3.8) is 0 Å². The van der Waals surface area contributed by atoms with Gasteiger partial charge in [0, 0.05) is 6.61 Å². The number of allylic oxidation sites excluding steroid dienone is 1. The Hall–Kier alpha value is -0.340. The van der Waals surface area contributed by atoms with Gasteiger partial charge < -0.3 is 10.4 Å². The molecule has 2 heteroatoms. The van der Waals surface area contributed by atoms with Crippen LogP contribution in [-0.2, 0) is 0 Å². The van der Waals surface area contributed by atoms with Crippen molar-refractivity contribution in [1.29, 1.82) is 0 Å². The lowest BCUT2D eigenvalue weighted by Crippen LogP contribution is -2.25. The fraction of sp³-hybridized carbons (Fsp3) is 0.846. The number of hydrogen-bond acceptors (Lipinski definition) is 2. The van der Waals surface area contributed by atoms with Gasteiger partial charge in [-0.05, 0) is 44.2 Å². The van der Waals surface area contributed by atoms with E-state index in [1.54, 1.807) is 0 Å². The molecule has 0 radical (unpaired) electrons. The Morgan fingerprint density at radius 1 is 1.47 bits per heavy atom. The normalized spacial score (nSPS) is 14.9. The smallest absolute Gasteiger partial charge is 0.0456 e. The highest BCUT2D eigenvalue weighted by molar-refractivity contribution is 4.68. The van der Waals surface area contributed by atoms with E-state index in [1.165, 1.54) is 12.8 Å². The molecular formula is C13H27NO. The van der Waals surface area contributed by atoms with Crippen LogP contribution in [0.15, 0.2) is 12.7 Å². The highest BCUT2D eigenvalue weighted by atomic mass is 16.3. The van der Waals surface area contributed by atoms with Gasteiger partial charge in [-0.3, -0.25) is 0 Å². The first kappa shape index (κ1) is 14.7. The van der Waals surface area contributed by atoms with E-state index in [2.05, 4.69) is 25.7 Å². The molecule has 0 spiro atoms. The third-order valence-electron chi connectivity index (χ3n) is 2.82. The predicted molar refractivity (Wildman–Crippen MR) is 66.9 cm³/mol. The van der Waals surface area contributed by atoms with Crippen molar-refractivity contribution in [2.45, 2.75) is 39.5 Å². The van der Waals surface area contributed by atoms with Crippen LogP contribution in [0, 0.1) is 11.8 Å². The van der Waals surface area contributed by atoms with Gasteiger partial charge in [0.25, 0.3) is 0 Å². The summed E-state index contributed by atoms with van der Waals surface area (Å²) in [5.74, 6) is 1.14. The molecule has 0 heterocycles. The lowest BCUT2D eigenvalue weighted by molar-refractivity contribution is 0.209. The summed E-state index contributed by atoms with van der Waals surface area (Å²) in [5.41, 5.74) is 0. The van der Waals surface area contributed by atoms with Crippen LogP contribution in [0.5, 0.6) is 0 Å². The molecule has 0 aromatic rings. The summed E-state index contributed by atoms with van der Waals surface area (Å²) in [7, 11) is 0.